The van der Waals surface area contributed by atoms with E-state index in [1.54, 1.807) is 19.4 Å². The van der Waals surface area contributed by atoms with E-state index in [2.05, 4.69) is 30.3 Å². The van der Waals surface area contributed by atoms with Crippen molar-refractivity contribution in [2.24, 2.45) is 5.92 Å². The first-order chi connectivity index (χ1) is 14.1. The van der Waals surface area contributed by atoms with E-state index in [1.165, 1.54) is 0 Å². The SMILES string of the molecule is Cc1noc(-c2cnc(C)nc2N2CCC(C(=O)NCCc3ccco3)CC2)n1. The van der Waals surface area contributed by atoms with Gasteiger partial charge >= 0.3 is 0 Å². The van der Waals surface area contributed by atoms with Crippen LogP contribution < -0.4 is 10.2 Å². The lowest BCUT2D eigenvalue weighted by molar-refractivity contribution is -0.125. The van der Waals surface area contributed by atoms with Crippen LogP contribution in [0.3, 0.4) is 0 Å². The van der Waals surface area contributed by atoms with Crippen LogP contribution in [0.2, 0.25) is 0 Å². The monoisotopic (exact) mass is 396 g/mol. The Hall–Kier alpha value is -3.23. The molecule has 0 atom stereocenters. The highest BCUT2D eigenvalue weighted by molar-refractivity contribution is 5.79. The number of carbonyl (C=O) groups excluding carboxylic acids is 1. The van der Waals surface area contributed by atoms with Gasteiger partial charge in [-0.15, -0.1) is 0 Å². The Labute approximate surface area is 168 Å². The van der Waals surface area contributed by atoms with Gasteiger partial charge in [0.15, 0.2) is 5.82 Å². The van der Waals surface area contributed by atoms with E-state index in [0.717, 1.165) is 43.1 Å². The maximum Gasteiger partial charge on any atom is 0.263 e. The van der Waals surface area contributed by atoms with Gasteiger partial charge in [0.1, 0.15) is 23.0 Å². The van der Waals surface area contributed by atoms with Crippen LogP contribution in [0, 0.1) is 19.8 Å². The molecule has 0 bridgehead atoms. The summed E-state index contributed by atoms with van der Waals surface area (Å²) >= 11 is 0. The number of aromatic nitrogens is 4. The fourth-order valence-electron chi connectivity index (χ4n) is 3.52. The molecule has 9 heteroatoms. The number of piperidine rings is 1. The van der Waals surface area contributed by atoms with Gasteiger partial charge in [0, 0.05) is 38.2 Å². The average molecular weight is 396 g/mol. The van der Waals surface area contributed by atoms with Crippen molar-refractivity contribution in [3.8, 4) is 11.5 Å². The molecular weight excluding hydrogens is 372 g/mol. The normalized spacial score (nSPS) is 14.9. The molecule has 1 saturated heterocycles. The topological polar surface area (TPSA) is 110 Å². The minimum atomic E-state index is -0.000107. The maximum atomic E-state index is 12.5. The third-order valence-electron chi connectivity index (χ3n) is 5.06. The lowest BCUT2D eigenvalue weighted by Gasteiger charge is -2.32. The molecule has 4 heterocycles. The zero-order valence-electron chi connectivity index (χ0n) is 16.6. The summed E-state index contributed by atoms with van der Waals surface area (Å²) in [5, 5.41) is 6.88. The summed E-state index contributed by atoms with van der Waals surface area (Å²) in [5.74, 6) is 3.41. The number of rotatable bonds is 6. The summed E-state index contributed by atoms with van der Waals surface area (Å²) in [6.07, 6.45) is 5.59. The highest BCUT2D eigenvalue weighted by Gasteiger charge is 2.28. The number of carbonyl (C=O) groups is 1. The molecule has 0 aromatic carbocycles. The highest BCUT2D eigenvalue weighted by Crippen LogP contribution is 2.30. The molecule has 3 aromatic rings. The molecule has 152 valence electrons. The Kier molecular flexibility index (Phi) is 5.55. The Bertz CT molecular complexity index is 961. The number of hydrogen-bond donors (Lipinski definition) is 1. The molecule has 4 rings (SSSR count). The molecule has 0 aliphatic carbocycles. The quantitative estimate of drug-likeness (QED) is 0.676. The number of amides is 1. The van der Waals surface area contributed by atoms with Gasteiger partial charge in [0.2, 0.25) is 5.91 Å². The molecule has 1 aliphatic rings. The minimum Gasteiger partial charge on any atom is -0.469 e. The molecule has 9 nitrogen and oxygen atoms in total. The first-order valence-corrected chi connectivity index (χ1v) is 9.79. The summed E-state index contributed by atoms with van der Waals surface area (Å²) in [6, 6.07) is 3.77. The van der Waals surface area contributed by atoms with Gasteiger partial charge in [-0.05, 0) is 38.8 Å². The van der Waals surface area contributed by atoms with E-state index in [1.807, 2.05) is 19.1 Å². The van der Waals surface area contributed by atoms with Crippen LogP contribution in [0.4, 0.5) is 5.82 Å². The second-order valence-corrected chi connectivity index (χ2v) is 7.18. The van der Waals surface area contributed by atoms with Crippen LogP contribution in [0.5, 0.6) is 0 Å². The van der Waals surface area contributed by atoms with Crippen molar-refractivity contribution < 1.29 is 13.7 Å². The Morgan fingerprint density at radius 2 is 2.07 bits per heavy atom. The molecule has 0 unspecified atom stereocenters. The number of nitrogens with zero attached hydrogens (tertiary/aromatic N) is 5. The lowest BCUT2D eigenvalue weighted by atomic mass is 9.95. The number of anilines is 1. The summed E-state index contributed by atoms with van der Waals surface area (Å²) in [5.41, 5.74) is 0.720. The second kappa shape index (κ2) is 8.42. The van der Waals surface area contributed by atoms with Crippen molar-refractivity contribution >= 4 is 11.7 Å². The summed E-state index contributed by atoms with van der Waals surface area (Å²) in [6.45, 7) is 5.67. The predicted octanol–water partition coefficient (Wildman–Crippen LogP) is 2.31. The largest absolute Gasteiger partial charge is 0.469 e. The van der Waals surface area contributed by atoms with Gasteiger partial charge in [0.25, 0.3) is 5.89 Å². The van der Waals surface area contributed by atoms with Crippen molar-refractivity contribution in [1.82, 2.24) is 25.4 Å². The van der Waals surface area contributed by atoms with Gasteiger partial charge in [-0.3, -0.25) is 4.79 Å². The maximum absolute atomic E-state index is 12.5. The minimum absolute atomic E-state index is 0.000107. The molecule has 0 radical (unpaired) electrons. The number of hydrogen-bond acceptors (Lipinski definition) is 8. The van der Waals surface area contributed by atoms with E-state index in [9.17, 15) is 4.79 Å². The summed E-state index contributed by atoms with van der Waals surface area (Å²) in [7, 11) is 0. The smallest absolute Gasteiger partial charge is 0.263 e. The second-order valence-electron chi connectivity index (χ2n) is 7.18. The summed E-state index contributed by atoms with van der Waals surface area (Å²) < 4.78 is 10.6. The molecule has 3 aromatic heterocycles. The van der Waals surface area contributed by atoms with Crippen molar-refractivity contribution in [2.75, 3.05) is 24.5 Å². The van der Waals surface area contributed by atoms with E-state index in [-0.39, 0.29) is 11.8 Å². The van der Waals surface area contributed by atoms with E-state index in [0.29, 0.717) is 30.5 Å². The molecule has 1 amide bonds. The first-order valence-electron chi connectivity index (χ1n) is 9.79. The Balaban J connectivity index is 1.37. The van der Waals surface area contributed by atoms with Crippen LogP contribution in [0.1, 0.15) is 30.3 Å². The van der Waals surface area contributed by atoms with Crippen LogP contribution in [-0.2, 0) is 11.2 Å². The van der Waals surface area contributed by atoms with Crippen LogP contribution in [-0.4, -0.2) is 45.7 Å². The molecule has 1 N–H and O–H groups in total. The van der Waals surface area contributed by atoms with Gasteiger partial charge in [0.05, 0.1) is 6.26 Å². The fraction of sp³-hybridized carbons (Fsp3) is 0.450. The van der Waals surface area contributed by atoms with Crippen LogP contribution >= 0.6 is 0 Å². The molecule has 1 fully saturated rings. The van der Waals surface area contributed by atoms with Crippen molar-refractivity contribution in [1.29, 1.82) is 0 Å². The molecular formula is C20H24N6O3. The van der Waals surface area contributed by atoms with Crippen LogP contribution in [0.25, 0.3) is 11.5 Å². The number of aryl methyl sites for hydroxylation is 2. The van der Waals surface area contributed by atoms with Crippen LogP contribution in [0.15, 0.2) is 33.5 Å². The van der Waals surface area contributed by atoms with Crippen molar-refractivity contribution in [2.45, 2.75) is 33.1 Å². The molecule has 1 aliphatic heterocycles. The van der Waals surface area contributed by atoms with Crippen molar-refractivity contribution in [3.63, 3.8) is 0 Å². The van der Waals surface area contributed by atoms with E-state index >= 15 is 0 Å². The third-order valence-corrected chi connectivity index (χ3v) is 5.06. The molecule has 29 heavy (non-hydrogen) atoms. The highest BCUT2D eigenvalue weighted by atomic mass is 16.5. The van der Waals surface area contributed by atoms with Gasteiger partial charge in [-0.25, -0.2) is 9.97 Å². The van der Waals surface area contributed by atoms with Gasteiger partial charge in [-0.1, -0.05) is 5.16 Å². The zero-order chi connectivity index (χ0) is 20.2. The summed E-state index contributed by atoms with van der Waals surface area (Å²) in [4.78, 5) is 27.9. The standard InChI is InChI=1S/C20H24N6O3/c1-13-22-12-17(20-24-14(2)25-29-20)18(23-13)26-9-6-15(7-10-26)19(27)21-8-5-16-4-3-11-28-16/h3-4,11-12,15H,5-10H2,1-2H3,(H,21,27). The molecule has 0 saturated carbocycles. The Morgan fingerprint density at radius 3 is 2.76 bits per heavy atom. The molecule has 0 spiro atoms. The van der Waals surface area contributed by atoms with Gasteiger partial charge in [-0.2, -0.15) is 4.98 Å². The van der Waals surface area contributed by atoms with Crippen molar-refractivity contribution in [3.05, 3.63) is 42.0 Å². The first kappa shape index (κ1) is 19.1. The number of furan rings is 1. The third kappa shape index (κ3) is 4.44. The van der Waals surface area contributed by atoms with E-state index in [4.69, 9.17) is 8.94 Å². The fourth-order valence-corrected chi connectivity index (χ4v) is 3.52. The van der Waals surface area contributed by atoms with E-state index < -0.39 is 0 Å². The predicted molar refractivity (Wildman–Crippen MR) is 105 cm³/mol. The average Bonchev–Trinajstić information content (AvgIpc) is 3.40. The Morgan fingerprint density at radius 1 is 1.24 bits per heavy atom. The lowest BCUT2D eigenvalue weighted by Crippen LogP contribution is -2.41. The number of nitrogens with one attached hydrogen (secondary N) is 1. The van der Waals surface area contributed by atoms with Gasteiger partial charge < -0.3 is 19.2 Å². The zero-order valence-corrected chi connectivity index (χ0v) is 16.6.